The summed E-state index contributed by atoms with van der Waals surface area (Å²) in [6, 6.07) is -0.392. The van der Waals surface area contributed by atoms with Crippen molar-refractivity contribution in [2.45, 2.75) is 32.4 Å². The number of hydrogen-bond donors (Lipinski definition) is 2. The van der Waals surface area contributed by atoms with E-state index in [0.29, 0.717) is 11.3 Å². The maximum atomic E-state index is 12.3. The molecule has 3 amide bonds. The molecule has 9 nitrogen and oxygen atoms in total. The molecule has 0 bridgehead atoms. The Hall–Kier alpha value is -1.49. The molecule has 0 spiro atoms. The van der Waals surface area contributed by atoms with Gasteiger partial charge in [-0.05, 0) is 12.3 Å². The number of carbonyl (C=O) groups is 4. The Bertz CT molecular complexity index is 680. The third-order valence-corrected chi connectivity index (χ3v) is 4.85. The zero-order valence-electron chi connectivity index (χ0n) is 14.9. The molecule has 2 heterocycles. The maximum Gasteiger partial charge on any atom is 1.00 e. The number of fused-ring (bicyclic) bond motifs is 1. The van der Waals surface area contributed by atoms with Gasteiger partial charge in [-0.25, -0.2) is 4.79 Å². The molecule has 1 saturated heterocycles. The van der Waals surface area contributed by atoms with Crippen LogP contribution in [0.15, 0.2) is 22.2 Å². The number of carbonyl (C=O) groups excluding carboxylic acids is 4. The van der Waals surface area contributed by atoms with Crippen LogP contribution in [-0.2, 0) is 19.1 Å². The van der Waals surface area contributed by atoms with E-state index >= 15 is 0 Å². The van der Waals surface area contributed by atoms with Crippen LogP contribution in [-0.4, -0.2) is 48.0 Å². The van der Waals surface area contributed by atoms with Gasteiger partial charge in [-0.3, -0.25) is 9.59 Å². The molecule has 1 fully saturated rings. The molecule has 0 aliphatic carbocycles. The molecule has 2 N–H and O–H groups in total. The average molecular weight is 391 g/mol. The Morgan fingerprint density at radius 3 is 2.62 bits per heavy atom. The molecular weight excluding hydrogens is 373 g/mol. The van der Waals surface area contributed by atoms with Crippen LogP contribution in [0.4, 0.5) is 4.79 Å². The predicted octanol–water partition coefficient (Wildman–Crippen LogP) is -3.73. The molecule has 0 radical (unpaired) electrons. The molecule has 0 aromatic rings. The predicted molar refractivity (Wildman–Crippen MR) is 86.3 cm³/mol. The number of hydrogen-bond acceptors (Lipinski definition) is 7. The normalized spacial score (nSPS) is 22.3. The number of carboxylic acid groups (broad SMARTS) is 1. The number of alkyl carbamates (subject to hydrolysis) is 1. The quantitative estimate of drug-likeness (QED) is 0.352. The first-order valence-electron chi connectivity index (χ1n) is 7.52. The molecule has 0 unspecified atom stereocenters. The Kier molecular flexibility index (Phi) is 8.19. The fourth-order valence-corrected chi connectivity index (χ4v) is 3.74. The summed E-state index contributed by atoms with van der Waals surface area (Å²) in [5.74, 6) is -2.72. The Morgan fingerprint density at radius 1 is 1.42 bits per heavy atom. The number of amides is 3. The van der Waals surface area contributed by atoms with Crippen molar-refractivity contribution in [3.8, 4) is 0 Å². The molecule has 2 aliphatic rings. The third kappa shape index (κ3) is 4.61. The summed E-state index contributed by atoms with van der Waals surface area (Å²) in [6.45, 7) is 2.94. The van der Waals surface area contributed by atoms with E-state index in [9.17, 15) is 24.3 Å². The smallest absolute Gasteiger partial charge is 0.543 e. The Balaban J connectivity index is 0.00000338. The van der Waals surface area contributed by atoms with Crippen LogP contribution in [0.2, 0.25) is 0 Å². The van der Waals surface area contributed by atoms with Crippen LogP contribution in [0.1, 0.15) is 20.3 Å². The summed E-state index contributed by atoms with van der Waals surface area (Å²) in [7, 11) is 1.41. The minimum atomic E-state index is -1.44. The van der Waals surface area contributed by atoms with E-state index in [-0.39, 0.29) is 41.2 Å². The van der Waals surface area contributed by atoms with Gasteiger partial charge in [0.15, 0.2) is 0 Å². The van der Waals surface area contributed by atoms with E-state index in [1.807, 2.05) is 0 Å². The van der Waals surface area contributed by atoms with Crippen LogP contribution in [0, 0.1) is 5.92 Å². The number of rotatable bonds is 6. The van der Waals surface area contributed by atoms with Gasteiger partial charge >= 0.3 is 35.7 Å². The number of thioether (sulfide) groups is 1. The molecule has 3 atom stereocenters. The monoisotopic (exact) mass is 391 g/mol. The summed E-state index contributed by atoms with van der Waals surface area (Å²) in [5.41, 5.74) is -0.170. The number of nitrogens with one attached hydrogen (secondary N) is 2. The van der Waals surface area contributed by atoms with E-state index in [0.717, 1.165) is 11.8 Å². The van der Waals surface area contributed by atoms with Crippen LogP contribution >= 0.6 is 11.8 Å². The van der Waals surface area contributed by atoms with Crippen LogP contribution in [0.5, 0.6) is 0 Å². The Labute approximate surface area is 176 Å². The standard InChI is InChI=1S/C15H19N3O6S.Na/c1-7(24-15(23)16-3)11-9-6-10(25-5-4-17-8(2)19)12(14(21)22)18(9)13(11)20;/h4-5,7,9,11H,6H2,1-3H3,(H,16,23)(H,17,19)(H,21,22);/q;+1/p-1/b5-4+;/t7-,9+,11+;/m0./s1. The summed E-state index contributed by atoms with van der Waals surface area (Å²) in [6.07, 6.45) is 0.364. The zero-order valence-corrected chi connectivity index (χ0v) is 17.7. The largest absolute Gasteiger partial charge is 1.00 e. The van der Waals surface area contributed by atoms with Crippen molar-refractivity contribution < 1.29 is 58.6 Å². The first-order chi connectivity index (χ1) is 11.8. The van der Waals surface area contributed by atoms with Crippen molar-refractivity contribution in [3.05, 3.63) is 22.2 Å². The fourth-order valence-electron chi connectivity index (χ4n) is 2.88. The number of aliphatic carboxylic acids is 1. The van der Waals surface area contributed by atoms with E-state index in [1.165, 1.54) is 30.5 Å². The first kappa shape index (κ1) is 22.6. The molecular formula is C15H18N3NaO6S. The van der Waals surface area contributed by atoms with Crippen molar-refractivity contribution in [1.29, 1.82) is 0 Å². The molecule has 2 aliphatic heterocycles. The molecule has 136 valence electrons. The Morgan fingerprint density at radius 2 is 2.08 bits per heavy atom. The minimum absolute atomic E-state index is 0. The van der Waals surface area contributed by atoms with Crippen molar-refractivity contribution in [2.75, 3.05) is 7.05 Å². The fraction of sp³-hybridized carbons (Fsp3) is 0.467. The number of carboxylic acids is 1. The first-order valence-corrected chi connectivity index (χ1v) is 8.40. The second-order valence-electron chi connectivity index (χ2n) is 5.55. The number of β-lactam (4-membered cyclic amide) rings is 1. The average Bonchev–Trinajstić information content (AvgIpc) is 2.85. The van der Waals surface area contributed by atoms with Crippen molar-refractivity contribution in [2.24, 2.45) is 5.92 Å². The molecule has 0 aromatic heterocycles. The van der Waals surface area contributed by atoms with Crippen LogP contribution in [0.3, 0.4) is 0 Å². The second-order valence-corrected chi connectivity index (χ2v) is 6.55. The van der Waals surface area contributed by atoms with Gasteiger partial charge in [0, 0.05) is 31.5 Å². The van der Waals surface area contributed by atoms with Crippen molar-refractivity contribution in [3.63, 3.8) is 0 Å². The van der Waals surface area contributed by atoms with Crippen LogP contribution in [0.25, 0.3) is 0 Å². The van der Waals surface area contributed by atoms with Gasteiger partial charge in [0.2, 0.25) is 11.8 Å². The molecule has 0 aromatic carbocycles. The molecule has 11 heteroatoms. The number of nitrogens with zero attached hydrogens (tertiary/aromatic N) is 1. The maximum absolute atomic E-state index is 12.3. The van der Waals surface area contributed by atoms with E-state index in [2.05, 4.69) is 10.6 Å². The van der Waals surface area contributed by atoms with Gasteiger partial charge in [-0.1, -0.05) is 11.8 Å². The van der Waals surface area contributed by atoms with Gasteiger partial charge in [-0.15, -0.1) is 0 Å². The van der Waals surface area contributed by atoms with Crippen LogP contribution < -0.4 is 45.3 Å². The van der Waals surface area contributed by atoms with Gasteiger partial charge in [0.05, 0.1) is 23.6 Å². The zero-order chi connectivity index (χ0) is 18.7. The number of ether oxygens (including phenoxy) is 1. The topological polar surface area (TPSA) is 128 Å². The van der Waals surface area contributed by atoms with Gasteiger partial charge in [0.1, 0.15) is 6.10 Å². The summed E-state index contributed by atoms with van der Waals surface area (Å²) in [5, 5.41) is 17.7. The van der Waals surface area contributed by atoms with E-state index < -0.39 is 36.0 Å². The molecule has 0 saturated carbocycles. The SMILES string of the molecule is CNC(=O)O[C@@H](C)[C@H]1C(=O)N2C(C(=O)[O-])=C(S/C=C/NC(C)=O)C[C@H]12.[Na+]. The van der Waals surface area contributed by atoms with Gasteiger partial charge in [-0.2, -0.15) is 0 Å². The summed E-state index contributed by atoms with van der Waals surface area (Å²) >= 11 is 1.09. The van der Waals surface area contributed by atoms with Gasteiger partial charge in [0.25, 0.3) is 0 Å². The second kappa shape index (κ2) is 9.45. The molecule has 2 rings (SSSR count). The molecule has 26 heavy (non-hydrogen) atoms. The van der Waals surface area contributed by atoms with Gasteiger partial charge < -0.3 is 30.2 Å². The van der Waals surface area contributed by atoms with E-state index in [1.54, 1.807) is 6.92 Å². The van der Waals surface area contributed by atoms with Crippen molar-refractivity contribution >= 4 is 35.6 Å². The summed E-state index contributed by atoms with van der Waals surface area (Å²) in [4.78, 5) is 47.5. The van der Waals surface area contributed by atoms with Crippen molar-refractivity contribution in [1.82, 2.24) is 15.5 Å². The summed E-state index contributed by atoms with van der Waals surface area (Å²) < 4.78 is 5.09. The third-order valence-electron chi connectivity index (χ3n) is 3.93. The van der Waals surface area contributed by atoms with E-state index in [4.69, 9.17) is 4.74 Å². The minimum Gasteiger partial charge on any atom is -0.543 e.